The topological polar surface area (TPSA) is 93.0 Å². The molecule has 0 saturated heterocycles. The fourth-order valence-corrected chi connectivity index (χ4v) is 4.13. The van der Waals surface area contributed by atoms with Crippen LogP contribution in [0.2, 0.25) is 5.02 Å². The molecule has 2 aromatic carbocycles. The van der Waals surface area contributed by atoms with Crippen molar-refractivity contribution in [2.45, 2.75) is 51.7 Å². The van der Waals surface area contributed by atoms with Crippen molar-refractivity contribution < 1.29 is 9.59 Å². The van der Waals surface area contributed by atoms with Crippen LogP contribution in [0.25, 0.3) is 11.4 Å². The van der Waals surface area contributed by atoms with E-state index in [4.69, 9.17) is 11.6 Å². The van der Waals surface area contributed by atoms with E-state index in [1.807, 2.05) is 49.4 Å². The molecular weight excluding hydrogens is 440 g/mol. The summed E-state index contributed by atoms with van der Waals surface area (Å²) in [6, 6.07) is 15.2. The van der Waals surface area contributed by atoms with E-state index >= 15 is 0 Å². The van der Waals surface area contributed by atoms with Crippen molar-refractivity contribution in [3.8, 4) is 11.4 Å². The van der Waals surface area contributed by atoms with E-state index < -0.39 is 0 Å². The van der Waals surface area contributed by atoms with Gasteiger partial charge in [0.2, 0.25) is 17.6 Å². The molecule has 9 heteroatoms. The minimum atomic E-state index is -0.288. The summed E-state index contributed by atoms with van der Waals surface area (Å²) in [5.74, 6) is -0.0158. The van der Waals surface area contributed by atoms with Crippen LogP contribution < -0.4 is 5.32 Å². The minimum absolute atomic E-state index is 0.0555. The highest BCUT2D eigenvalue weighted by Gasteiger charge is 2.23. The Morgan fingerprint density at radius 1 is 1.12 bits per heavy atom. The van der Waals surface area contributed by atoms with Crippen LogP contribution in [0.4, 0.5) is 0 Å². The molecule has 4 rings (SSSR count). The first-order valence-electron chi connectivity index (χ1n) is 11.1. The summed E-state index contributed by atoms with van der Waals surface area (Å²) in [6.45, 7) is 2.04. The van der Waals surface area contributed by atoms with Gasteiger partial charge in [0.25, 0.3) is 0 Å². The molecule has 0 spiro atoms. The van der Waals surface area contributed by atoms with Gasteiger partial charge in [-0.15, -0.1) is 10.2 Å². The van der Waals surface area contributed by atoms with Gasteiger partial charge in [-0.3, -0.25) is 9.59 Å². The number of tetrazole rings is 1. The van der Waals surface area contributed by atoms with Crippen molar-refractivity contribution in [1.82, 2.24) is 30.4 Å². The summed E-state index contributed by atoms with van der Waals surface area (Å²) >= 11 is 6.31. The van der Waals surface area contributed by atoms with Crippen molar-refractivity contribution in [1.29, 1.82) is 0 Å². The molecular formula is C24H27ClN6O2. The van der Waals surface area contributed by atoms with Crippen LogP contribution in [0.15, 0.2) is 48.5 Å². The van der Waals surface area contributed by atoms with Crippen molar-refractivity contribution >= 4 is 23.4 Å². The molecule has 1 N–H and O–H groups in total. The fourth-order valence-electron chi connectivity index (χ4n) is 3.93. The number of hydrogen-bond donors (Lipinski definition) is 1. The number of aryl methyl sites for hydroxylation is 1. The van der Waals surface area contributed by atoms with Gasteiger partial charge in [-0.25, -0.2) is 0 Å². The van der Waals surface area contributed by atoms with E-state index in [9.17, 15) is 9.59 Å². The molecule has 0 unspecified atom stereocenters. The van der Waals surface area contributed by atoms with E-state index in [-0.39, 0.29) is 37.5 Å². The van der Waals surface area contributed by atoms with Crippen molar-refractivity contribution in [3.05, 3.63) is 64.7 Å². The number of carbonyl (C=O) groups is 2. The quantitative estimate of drug-likeness (QED) is 0.549. The van der Waals surface area contributed by atoms with Gasteiger partial charge in [-0.2, -0.15) is 4.80 Å². The molecule has 1 fully saturated rings. The zero-order chi connectivity index (χ0) is 23.2. The zero-order valence-corrected chi connectivity index (χ0v) is 19.3. The maximum atomic E-state index is 13.2. The number of carbonyl (C=O) groups excluding carboxylic acids is 2. The SMILES string of the molecule is Cc1ccc(-c2nnn(CC(=O)N(CC(=O)NC3CCCC3)Cc3ccccc3Cl)n2)cc1. The molecule has 0 radical (unpaired) electrons. The van der Waals surface area contributed by atoms with Gasteiger partial charge in [0, 0.05) is 23.2 Å². The van der Waals surface area contributed by atoms with Crippen LogP contribution >= 0.6 is 11.6 Å². The molecule has 1 saturated carbocycles. The summed E-state index contributed by atoms with van der Waals surface area (Å²) < 4.78 is 0. The number of hydrogen-bond acceptors (Lipinski definition) is 5. The van der Waals surface area contributed by atoms with E-state index in [1.165, 1.54) is 9.70 Å². The van der Waals surface area contributed by atoms with Gasteiger partial charge in [0.05, 0.1) is 6.54 Å². The predicted octanol–water partition coefficient (Wildman–Crippen LogP) is 3.39. The third kappa shape index (κ3) is 6.16. The summed E-state index contributed by atoms with van der Waals surface area (Å²) in [7, 11) is 0. The van der Waals surface area contributed by atoms with Crippen LogP contribution in [-0.4, -0.2) is 49.5 Å². The number of aromatic nitrogens is 4. The smallest absolute Gasteiger partial charge is 0.247 e. The summed E-state index contributed by atoms with van der Waals surface area (Å²) in [5.41, 5.74) is 2.73. The molecule has 8 nitrogen and oxygen atoms in total. The highest BCUT2D eigenvalue weighted by atomic mass is 35.5. The molecule has 1 aliphatic carbocycles. The maximum Gasteiger partial charge on any atom is 0.247 e. The van der Waals surface area contributed by atoms with Gasteiger partial charge in [-0.1, -0.05) is 72.5 Å². The number of rotatable bonds is 8. The Balaban J connectivity index is 1.46. The number of nitrogens with zero attached hydrogens (tertiary/aromatic N) is 5. The molecule has 33 heavy (non-hydrogen) atoms. The Kier molecular flexibility index (Phi) is 7.34. The number of amides is 2. The second-order valence-electron chi connectivity index (χ2n) is 8.40. The largest absolute Gasteiger partial charge is 0.352 e. The second-order valence-corrected chi connectivity index (χ2v) is 8.81. The van der Waals surface area contributed by atoms with Crippen LogP contribution in [0.1, 0.15) is 36.8 Å². The second kappa shape index (κ2) is 10.6. The molecule has 1 heterocycles. The Morgan fingerprint density at radius 3 is 2.58 bits per heavy atom. The monoisotopic (exact) mass is 466 g/mol. The lowest BCUT2D eigenvalue weighted by Crippen LogP contribution is -2.44. The molecule has 0 bridgehead atoms. The molecule has 3 aromatic rings. The van der Waals surface area contributed by atoms with Gasteiger partial charge < -0.3 is 10.2 Å². The fraction of sp³-hybridized carbons (Fsp3) is 0.375. The molecule has 1 aromatic heterocycles. The number of nitrogens with one attached hydrogen (secondary N) is 1. The normalized spacial score (nSPS) is 13.8. The Bertz CT molecular complexity index is 1110. The summed E-state index contributed by atoms with van der Waals surface area (Å²) in [4.78, 5) is 28.6. The van der Waals surface area contributed by atoms with Crippen LogP contribution in [0.5, 0.6) is 0 Å². The van der Waals surface area contributed by atoms with E-state index in [0.717, 1.165) is 42.4 Å². The van der Waals surface area contributed by atoms with E-state index in [1.54, 1.807) is 6.07 Å². The highest BCUT2D eigenvalue weighted by Crippen LogP contribution is 2.19. The average molecular weight is 467 g/mol. The third-order valence-electron chi connectivity index (χ3n) is 5.77. The predicted molar refractivity (Wildman–Crippen MR) is 125 cm³/mol. The van der Waals surface area contributed by atoms with Crippen LogP contribution in [0.3, 0.4) is 0 Å². The first kappa shape index (κ1) is 22.9. The van der Waals surface area contributed by atoms with Crippen molar-refractivity contribution in [3.63, 3.8) is 0 Å². The van der Waals surface area contributed by atoms with Crippen LogP contribution in [0, 0.1) is 6.92 Å². The van der Waals surface area contributed by atoms with Crippen molar-refractivity contribution in [2.75, 3.05) is 6.54 Å². The van der Waals surface area contributed by atoms with Crippen LogP contribution in [-0.2, 0) is 22.7 Å². The number of benzene rings is 2. The lowest BCUT2D eigenvalue weighted by molar-refractivity contribution is -0.137. The Labute approximate surface area is 197 Å². The average Bonchev–Trinajstić information content (AvgIpc) is 3.47. The Morgan fingerprint density at radius 2 is 1.85 bits per heavy atom. The highest BCUT2D eigenvalue weighted by molar-refractivity contribution is 6.31. The number of halogens is 1. The van der Waals surface area contributed by atoms with E-state index in [2.05, 4.69) is 20.7 Å². The van der Waals surface area contributed by atoms with Gasteiger partial charge in [-0.05, 0) is 36.6 Å². The minimum Gasteiger partial charge on any atom is -0.352 e. The van der Waals surface area contributed by atoms with E-state index in [0.29, 0.717) is 10.8 Å². The third-order valence-corrected chi connectivity index (χ3v) is 6.13. The summed E-state index contributed by atoms with van der Waals surface area (Å²) in [6.07, 6.45) is 4.20. The van der Waals surface area contributed by atoms with Gasteiger partial charge in [0.1, 0.15) is 6.54 Å². The Hall–Kier alpha value is -3.26. The lowest BCUT2D eigenvalue weighted by atomic mass is 10.1. The lowest BCUT2D eigenvalue weighted by Gasteiger charge is -2.23. The summed E-state index contributed by atoms with van der Waals surface area (Å²) in [5, 5.41) is 16.0. The first-order valence-corrected chi connectivity index (χ1v) is 11.5. The van der Waals surface area contributed by atoms with Gasteiger partial charge in [0.15, 0.2) is 0 Å². The molecule has 172 valence electrons. The zero-order valence-electron chi connectivity index (χ0n) is 18.6. The van der Waals surface area contributed by atoms with Gasteiger partial charge >= 0.3 is 0 Å². The maximum absolute atomic E-state index is 13.2. The molecule has 0 atom stereocenters. The molecule has 2 amide bonds. The molecule has 1 aliphatic rings. The first-order chi connectivity index (χ1) is 16.0. The van der Waals surface area contributed by atoms with Crippen molar-refractivity contribution in [2.24, 2.45) is 0 Å². The standard InChI is InChI=1S/C24H27ClN6O2/c1-17-10-12-18(13-11-17)24-27-29-31(28-24)16-23(33)30(14-19-6-2-5-9-21(19)25)15-22(32)26-20-7-3-4-8-20/h2,5-6,9-13,20H,3-4,7-8,14-16H2,1H3,(H,26,32). The molecule has 0 aliphatic heterocycles.